The van der Waals surface area contributed by atoms with Crippen LogP contribution in [0.25, 0.3) is 0 Å². The number of benzene rings is 1. The Kier molecular flexibility index (Phi) is 6.18. The maximum Gasteiger partial charge on any atom is 0.251 e. The third-order valence-electron chi connectivity index (χ3n) is 2.79. The normalized spacial score (nSPS) is 12.1. The minimum absolute atomic E-state index is 0.157. The lowest BCUT2D eigenvalue weighted by Gasteiger charge is -2.14. The van der Waals surface area contributed by atoms with Gasteiger partial charge < -0.3 is 16.4 Å². The number of hydrogen-bond acceptors (Lipinski definition) is 3. The van der Waals surface area contributed by atoms with Gasteiger partial charge in [-0.2, -0.15) is 0 Å². The standard InChI is InChI=1S/C15H23N3O2/c1-4-17-14(19)11-6-5-7-12(9-11)18-15(20)13(16)8-10(2)3/h5-7,9-10,13H,4,8,16H2,1-3H3,(H,17,19)(H,18,20)/t13-/m0/s1. The van der Waals surface area contributed by atoms with Gasteiger partial charge in [0.2, 0.25) is 5.91 Å². The highest BCUT2D eigenvalue weighted by molar-refractivity contribution is 5.98. The van der Waals surface area contributed by atoms with E-state index >= 15 is 0 Å². The molecule has 5 heteroatoms. The molecular formula is C15H23N3O2. The zero-order valence-corrected chi connectivity index (χ0v) is 12.3. The molecule has 1 aromatic rings. The topological polar surface area (TPSA) is 84.2 Å². The van der Waals surface area contributed by atoms with E-state index in [1.807, 2.05) is 20.8 Å². The first-order valence-corrected chi connectivity index (χ1v) is 6.88. The molecule has 2 amide bonds. The molecule has 0 saturated heterocycles. The number of carbonyl (C=O) groups is 2. The smallest absolute Gasteiger partial charge is 0.251 e. The first kappa shape index (κ1) is 16.2. The van der Waals surface area contributed by atoms with Crippen molar-refractivity contribution < 1.29 is 9.59 Å². The number of rotatable bonds is 6. The van der Waals surface area contributed by atoms with Gasteiger partial charge in [0.15, 0.2) is 0 Å². The highest BCUT2D eigenvalue weighted by Gasteiger charge is 2.15. The van der Waals surface area contributed by atoms with Crippen molar-refractivity contribution in [1.29, 1.82) is 0 Å². The van der Waals surface area contributed by atoms with Gasteiger partial charge in [0.05, 0.1) is 6.04 Å². The molecule has 0 radical (unpaired) electrons. The second-order valence-electron chi connectivity index (χ2n) is 5.17. The quantitative estimate of drug-likeness (QED) is 0.740. The van der Waals surface area contributed by atoms with Gasteiger partial charge in [0.25, 0.3) is 5.91 Å². The largest absolute Gasteiger partial charge is 0.352 e. The summed E-state index contributed by atoms with van der Waals surface area (Å²) in [5, 5.41) is 5.46. The molecule has 0 spiro atoms. The fourth-order valence-corrected chi connectivity index (χ4v) is 1.85. The van der Waals surface area contributed by atoms with Crippen LogP contribution < -0.4 is 16.4 Å². The summed E-state index contributed by atoms with van der Waals surface area (Å²) in [6.45, 7) is 6.45. The lowest BCUT2D eigenvalue weighted by Crippen LogP contribution is -2.36. The first-order valence-electron chi connectivity index (χ1n) is 6.88. The van der Waals surface area contributed by atoms with Crippen LogP contribution in [0.1, 0.15) is 37.6 Å². The van der Waals surface area contributed by atoms with Crippen molar-refractivity contribution in [3.8, 4) is 0 Å². The summed E-state index contributed by atoms with van der Waals surface area (Å²) in [6, 6.07) is 6.28. The molecular weight excluding hydrogens is 254 g/mol. The van der Waals surface area contributed by atoms with Crippen LogP contribution in [0.3, 0.4) is 0 Å². The molecule has 0 unspecified atom stereocenters. The fourth-order valence-electron chi connectivity index (χ4n) is 1.85. The summed E-state index contributed by atoms with van der Waals surface area (Å²) < 4.78 is 0. The molecule has 1 aromatic carbocycles. The molecule has 0 aliphatic rings. The summed E-state index contributed by atoms with van der Waals surface area (Å²) >= 11 is 0. The molecule has 1 rings (SSSR count). The van der Waals surface area contributed by atoms with E-state index in [0.29, 0.717) is 30.1 Å². The second kappa shape index (κ2) is 7.65. The molecule has 0 aromatic heterocycles. The van der Waals surface area contributed by atoms with Gasteiger partial charge in [-0.3, -0.25) is 9.59 Å². The van der Waals surface area contributed by atoms with Crippen LogP contribution in [0.15, 0.2) is 24.3 Å². The minimum atomic E-state index is -0.539. The SMILES string of the molecule is CCNC(=O)c1cccc(NC(=O)[C@@H](N)CC(C)C)c1. The second-order valence-corrected chi connectivity index (χ2v) is 5.17. The van der Waals surface area contributed by atoms with E-state index in [0.717, 1.165) is 0 Å². The van der Waals surface area contributed by atoms with Crippen LogP contribution in [-0.4, -0.2) is 24.4 Å². The lowest BCUT2D eigenvalue weighted by atomic mass is 10.0. The maximum absolute atomic E-state index is 11.9. The Bertz CT molecular complexity index is 472. The predicted octanol–water partition coefficient (Wildman–Crippen LogP) is 1.75. The Morgan fingerprint density at radius 3 is 2.60 bits per heavy atom. The maximum atomic E-state index is 11.9. The predicted molar refractivity (Wildman–Crippen MR) is 80.5 cm³/mol. The van der Waals surface area contributed by atoms with Crippen molar-refractivity contribution in [3.05, 3.63) is 29.8 Å². The van der Waals surface area contributed by atoms with Gasteiger partial charge in [0, 0.05) is 17.8 Å². The summed E-state index contributed by atoms with van der Waals surface area (Å²) in [7, 11) is 0. The summed E-state index contributed by atoms with van der Waals surface area (Å²) in [5.41, 5.74) is 6.92. The van der Waals surface area contributed by atoms with E-state index < -0.39 is 6.04 Å². The zero-order chi connectivity index (χ0) is 15.1. The minimum Gasteiger partial charge on any atom is -0.352 e. The van der Waals surface area contributed by atoms with Crippen LogP contribution >= 0.6 is 0 Å². The van der Waals surface area contributed by atoms with Crippen LogP contribution in [0.2, 0.25) is 0 Å². The van der Waals surface area contributed by atoms with Gasteiger partial charge in [-0.1, -0.05) is 19.9 Å². The summed E-state index contributed by atoms with van der Waals surface area (Å²) in [6.07, 6.45) is 0.627. The van der Waals surface area contributed by atoms with E-state index in [-0.39, 0.29) is 11.8 Å². The molecule has 0 fully saturated rings. The Balaban J connectivity index is 2.71. The van der Waals surface area contributed by atoms with Crippen molar-refractivity contribution in [1.82, 2.24) is 5.32 Å². The van der Waals surface area contributed by atoms with E-state index in [1.54, 1.807) is 24.3 Å². The Hall–Kier alpha value is -1.88. The molecule has 110 valence electrons. The first-order chi connectivity index (χ1) is 9.43. The van der Waals surface area contributed by atoms with Gasteiger partial charge in [-0.15, -0.1) is 0 Å². The monoisotopic (exact) mass is 277 g/mol. The molecule has 4 N–H and O–H groups in total. The average molecular weight is 277 g/mol. The third kappa shape index (κ3) is 5.01. The number of carbonyl (C=O) groups excluding carboxylic acids is 2. The number of amides is 2. The Labute approximate surface area is 119 Å². The highest BCUT2D eigenvalue weighted by Crippen LogP contribution is 2.12. The van der Waals surface area contributed by atoms with Gasteiger partial charge >= 0.3 is 0 Å². The van der Waals surface area contributed by atoms with Crippen molar-refractivity contribution >= 4 is 17.5 Å². The Morgan fingerprint density at radius 2 is 2.00 bits per heavy atom. The van der Waals surface area contributed by atoms with E-state index in [4.69, 9.17) is 5.73 Å². The van der Waals surface area contributed by atoms with Gasteiger partial charge in [-0.05, 0) is 37.5 Å². The molecule has 0 bridgehead atoms. The molecule has 20 heavy (non-hydrogen) atoms. The summed E-state index contributed by atoms with van der Waals surface area (Å²) in [4.78, 5) is 23.6. The van der Waals surface area contributed by atoms with Crippen molar-refractivity contribution in [2.24, 2.45) is 11.7 Å². The van der Waals surface area contributed by atoms with Crippen LogP contribution in [0.5, 0.6) is 0 Å². The molecule has 0 saturated carbocycles. The van der Waals surface area contributed by atoms with Crippen LogP contribution in [0.4, 0.5) is 5.69 Å². The molecule has 0 aliphatic carbocycles. The molecule has 1 atom stereocenters. The molecule has 5 nitrogen and oxygen atoms in total. The molecule has 0 heterocycles. The van der Waals surface area contributed by atoms with Gasteiger partial charge in [0.1, 0.15) is 0 Å². The lowest BCUT2D eigenvalue weighted by molar-refractivity contribution is -0.117. The Morgan fingerprint density at radius 1 is 1.30 bits per heavy atom. The highest BCUT2D eigenvalue weighted by atomic mass is 16.2. The zero-order valence-electron chi connectivity index (χ0n) is 12.3. The van der Waals surface area contributed by atoms with Crippen LogP contribution in [0, 0.1) is 5.92 Å². The van der Waals surface area contributed by atoms with E-state index in [2.05, 4.69) is 10.6 Å². The third-order valence-corrected chi connectivity index (χ3v) is 2.79. The van der Waals surface area contributed by atoms with E-state index in [9.17, 15) is 9.59 Å². The number of nitrogens with two attached hydrogens (primary N) is 1. The number of hydrogen-bond donors (Lipinski definition) is 3. The fraction of sp³-hybridized carbons (Fsp3) is 0.467. The van der Waals surface area contributed by atoms with Gasteiger partial charge in [-0.25, -0.2) is 0 Å². The van der Waals surface area contributed by atoms with E-state index in [1.165, 1.54) is 0 Å². The average Bonchev–Trinajstić information content (AvgIpc) is 2.38. The number of nitrogens with one attached hydrogen (secondary N) is 2. The number of anilines is 1. The van der Waals surface area contributed by atoms with Crippen LogP contribution in [-0.2, 0) is 4.79 Å². The summed E-state index contributed by atoms with van der Waals surface area (Å²) in [5.74, 6) is -0.0285. The van der Waals surface area contributed by atoms with Crippen molar-refractivity contribution in [2.45, 2.75) is 33.2 Å². The molecule has 0 aliphatic heterocycles. The van der Waals surface area contributed by atoms with Crippen molar-refractivity contribution in [3.63, 3.8) is 0 Å². The van der Waals surface area contributed by atoms with Crippen molar-refractivity contribution in [2.75, 3.05) is 11.9 Å².